The fourth-order valence-corrected chi connectivity index (χ4v) is 3.79. The Hall–Kier alpha value is -3.46. The fourth-order valence-electron chi connectivity index (χ4n) is 3.79. The van der Waals surface area contributed by atoms with Crippen LogP contribution in [0.3, 0.4) is 0 Å². The van der Waals surface area contributed by atoms with Crippen LogP contribution >= 0.6 is 0 Å². The quantitative estimate of drug-likeness (QED) is 0.453. The molecule has 0 radical (unpaired) electrons. The Morgan fingerprint density at radius 1 is 1.07 bits per heavy atom. The summed E-state index contributed by atoms with van der Waals surface area (Å²) in [5, 5.41) is 0. The topological polar surface area (TPSA) is 39.5 Å². The maximum absolute atomic E-state index is 13.4. The molecule has 0 spiro atoms. The first-order chi connectivity index (χ1) is 13.7. The number of hydrogen-bond donors (Lipinski definition) is 0. The Morgan fingerprint density at radius 2 is 1.86 bits per heavy atom. The number of rotatable bonds is 4. The molecular formula is C22H18FN5. The van der Waals surface area contributed by atoms with E-state index in [1.807, 2.05) is 24.7 Å². The molecule has 0 amide bonds. The number of halogens is 1. The summed E-state index contributed by atoms with van der Waals surface area (Å²) in [6, 6.07) is 10.4. The minimum atomic E-state index is -0.263. The molecule has 0 atom stereocenters. The van der Waals surface area contributed by atoms with Gasteiger partial charge in [-0.3, -0.25) is 0 Å². The molecule has 0 unspecified atom stereocenters. The highest BCUT2D eigenvalue weighted by molar-refractivity contribution is 5.79. The molecule has 6 heteroatoms. The van der Waals surface area contributed by atoms with Gasteiger partial charge in [-0.1, -0.05) is 13.0 Å². The van der Waals surface area contributed by atoms with E-state index in [2.05, 4.69) is 19.4 Å². The summed E-state index contributed by atoms with van der Waals surface area (Å²) in [5.74, 6) is 0.885. The Morgan fingerprint density at radius 3 is 2.57 bits per heavy atom. The van der Waals surface area contributed by atoms with Crippen molar-refractivity contribution in [3.63, 3.8) is 0 Å². The lowest BCUT2D eigenvalue weighted by molar-refractivity contribution is 0.277. The molecule has 3 aromatic heterocycles. The van der Waals surface area contributed by atoms with Gasteiger partial charge in [0.05, 0.1) is 30.1 Å². The summed E-state index contributed by atoms with van der Waals surface area (Å²) < 4.78 is 17.4. The van der Waals surface area contributed by atoms with E-state index in [-0.39, 0.29) is 5.82 Å². The zero-order chi connectivity index (χ0) is 19.1. The number of nitrogens with zero attached hydrogens (tertiary/aromatic N) is 5. The second-order valence-corrected chi connectivity index (χ2v) is 7.27. The lowest BCUT2D eigenvalue weighted by Crippen LogP contribution is -2.18. The molecule has 5 nitrogen and oxygen atoms in total. The molecule has 1 aliphatic carbocycles. The lowest BCUT2D eigenvalue weighted by Gasteiger charge is -2.26. The van der Waals surface area contributed by atoms with E-state index in [1.54, 1.807) is 22.7 Å². The van der Waals surface area contributed by atoms with E-state index < -0.39 is 0 Å². The lowest BCUT2D eigenvalue weighted by atomic mass is 9.85. The van der Waals surface area contributed by atoms with E-state index in [0.29, 0.717) is 11.7 Å². The molecule has 5 rings (SSSR count). The zero-order valence-corrected chi connectivity index (χ0v) is 15.2. The van der Waals surface area contributed by atoms with Crippen molar-refractivity contribution >= 4 is 11.5 Å². The van der Waals surface area contributed by atoms with Crippen LogP contribution in [-0.4, -0.2) is 18.9 Å². The highest BCUT2D eigenvalue weighted by Gasteiger charge is 2.22. The van der Waals surface area contributed by atoms with Crippen molar-refractivity contribution in [1.82, 2.24) is 18.9 Å². The van der Waals surface area contributed by atoms with E-state index in [4.69, 9.17) is 6.57 Å². The third kappa shape index (κ3) is 2.76. The molecular weight excluding hydrogens is 353 g/mol. The van der Waals surface area contributed by atoms with Crippen molar-refractivity contribution in [1.29, 1.82) is 0 Å². The van der Waals surface area contributed by atoms with Crippen LogP contribution in [-0.2, 0) is 6.54 Å². The maximum Gasteiger partial charge on any atom is 0.254 e. The second kappa shape index (κ2) is 6.61. The Bertz CT molecular complexity index is 1190. The van der Waals surface area contributed by atoms with Crippen LogP contribution in [0.25, 0.3) is 33.0 Å². The van der Waals surface area contributed by atoms with Gasteiger partial charge in [-0.25, -0.2) is 18.8 Å². The van der Waals surface area contributed by atoms with Gasteiger partial charge in [0.15, 0.2) is 0 Å². The standard InChI is InChI=1S/C22H18FN5/c1-24-20-11-25-19-10-7-17(13-28(19)20)22-21(16-5-8-18(23)9-6-16)26-14-27(22)12-15-3-2-4-15/h5-11,13-15H,2-4,12H2. The molecule has 0 bridgehead atoms. The molecule has 1 aliphatic rings. The first-order valence-electron chi connectivity index (χ1n) is 9.39. The van der Waals surface area contributed by atoms with E-state index >= 15 is 0 Å². The van der Waals surface area contributed by atoms with Crippen LogP contribution in [0.2, 0.25) is 0 Å². The van der Waals surface area contributed by atoms with Gasteiger partial charge < -0.3 is 9.41 Å². The van der Waals surface area contributed by atoms with Crippen LogP contribution in [0.5, 0.6) is 0 Å². The molecule has 138 valence electrons. The molecule has 0 saturated heterocycles. The van der Waals surface area contributed by atoms with E-state index in [0.717, 1.165) is 34.7 Å². The SMILES string of the molecule is [C-]#[N+]c1cnc2ccc(-c3c(-c4ccc(F)cc4)ncn3CC3CCC3)cn12. The van der Waals surface area contributed by atoms with Gasteiger partial charge in [0, 0.05) is 23.7 Å². The summed E-state index contributed by atoms with van der Waals surface area (Å²) in [6.45, 7) is 8.28. The average molecular weight is 371 g/mol. The van der Waals surface area contributed by atoms with Gasteiger partial charge in [-0.05, 0) is 49.1 Å². The summed E-state index contributed by atoms with van der Waals surface area (Å²) in [7, 11) is 0. The van der Waals surface area contributed by atoms with Crippen LogP contribution < -0.4 is 0 Å². The largest absolute Gasteiger partial charge is 0.362 e. The molecule has 1 saturated carbocycles. The number of pyridine rings is 1. The van der Waals surface area contributed by atoms with Crippen LogP contribution in [0.1, 0.15) is 19.3 Å². The zero-order valence-electron chi connectivity index (χ0n) is 15.2. The maximum atomic E-state index is 13.4. The highest BCUT2D eigenvalue weighted by Crippen LogP contribution is 2.35. The summed E-state index contributed by atoms with van der Waals surface area (Å²) in [4.78, 5) is 12.5. The fraction of sp³-hybridized carbons (Fsp3) is 0.227. The van der Waals surface area contributed by atoms with Gasteiger partial charge in [0.25, 0.3) is 5.82 Å². The molecule has 1 aromatic carbocycles. The molecule has 28 heavy (non-hydrogen) atoms. The number of fused-ring (bicyclic) bond motifs is 1. The first-order valence-corrected chi connectivity index (χ1v) is 9.39. The van der Waals surface area contributed by atoms with Crippen LogP contribution in [0.15, 0.2) is 55.1 Å². The summed E-state index contributed by atoms with van der Waals surface area (Å²) >= 11 is 0. The van der Waals surface area contributed by atoms with Crippen molar-refractivity contribution in [2.45, 2.75) is 25.8 Å². The van der Waals surface area contributed by atoms with Gasteiger partial charge in [0.1, 0.15) is 5.82 Å². The highest BCUT2D eigenvalue weighted by atomic mass is 19.1. The van der Waals surface area contributed by atoms with Gasteiger partial charge >= 0.3 is 0 Å². The molecule has 3 heterocycles. The third-order valence-electron chi connectivity index (χ3n) is 5.51. The van der Waals surface area contributed by atoms with Crippen LogP contribution in [0.4, 0.5) is 10.2 Å². The van der Waals surface area contributed by atoms with Crippen molar-refractivity contribution in [3.8, 4) is 22.5 Å². The second-order valence-electron chi connectivity index (χ2n) is 7.27. The first kappa shape index (κ1) is 16.7. The Labute approximate surface area is 161 Å². The third-order valence-corrected chi connectivity index (χ3v) is 5.51. The van der Waals surface area contributed by atoms with E-state index in [1.165, 1.54) is 31.4 Å². The summed E-state index contributed by atoms with van der Waals surface area (Å²) in [5.41, 5.74) is 4.39. The normalized spacial score (nSPS) is 14.1. The Balaban J connectivity index is 1.68. The van der Waals surface area contributed by atoms with Gasteiger partial charge in [-0.15, -0.1) is 0 Å². The van der Waals surface area contributed by atoms with Crippen molar-refractivity contribution in [2.75, 3.05) is 0 Å². The van der Waals surface area contributed by atoms with Crippen molar-refractivity contribution in [3.05, 3.63) is 72.4 Å². The monoisotopic (exact) mass is 371 g/mol. The van der Waals surface area contributed by atoms with E-state index in [9.17, 15) is 4.39 Å². The summed E-state index contributed by atoms with van der Waals surface area (Å²) in [6.07, 6.45) is 9.17. The van der Waals surface area contributed by atoms with Crippen molar-refractivity contribution < 1.29 is 4.39 Å². The average Bonchev–Trinajstić information content (AvgIpc) is 3.28. The molecule has 0 N–H and O–H groups in total. The predicted molar refractivity (Wildman–Crippen MR) is 105 cm³/mol. The molecule has 0 aliphatic heterocycles. The smallest absolute Gasteiger partial charge is 0.254 e. The Kier molecular flexibility index (Phi) is 3.94. The number of hydrogen-bond acceptors (Lipinski definition) is 2. The molecule has 4 aromatic rings. The van der Waals surface area contributed by atoms with Crippen LogP contribution in [0, 0.1) is 18.3 Å². The predicted octanol–water partition coefficient (Wildman–Crippen LogP) is 5.35. The number of aromatic nitrogens is 4. The van der Waals surface area contributed by atoms with Gasteiger partial charge in [-0.2, -0.15) is 0 Å². The minimum Gasteiger partial charge on any atom is -0.362 e. The minimum absolute atomic E-state index is 0.263. The molecule has 1 fully saturated rings. The van der Waals surface area contributed by atoms with Crippen molar-refractivity contribution in [2.24, 2.45) is 5.92 Å². The van der Waals surface area contributed by atoms with Gasteiger partial charge in [0.2, 0.25) is 5.65 Å². The number of imidazole rings is 2. The number of benzene rings is 1.